The molecule has 0 unspecified atom stereocenters. The monoisotopic (exact) mass is 416 g/mol. The molecule has 150 valence electrons. The van der Waals surface area contributed by atoms with Crippen molar-refractivity contribution in [1.82, 2.24) is 5.01 Å². The molecule has 1 amide bonds. The fourth-order valence-corrected chi connectivity index (χ4v) is 3.45. The molecule has 5 heteroatoms. The molecule has 1 heterocycles. The lowest BCUT2D eigenvalue weighted by molar-refractivity contribution is -0.126. The van der Waals surface area contributed by atoms with Gasteiger partial charge in [-0.15, -0.1) is 0 Å². The third kappa shape index (κ3) is 4.44. The third-order valence-corrected chi connectivity index (χ3v) is 5.23. The van der Waals surface area contributed by atoms with Gasteiger partial charge in [0, 0.05) is 10.6 Å². The van der Waals surface area contributed by atoms with Crippen molar-refractivity contribution in [3.8, 4) is 5.75 Å². The Bertz CT molecular complexity index is 1120. The van der Waals surface area contributed by atoms with Crippen molar-refractivity contribution >= 4 is 29.3 Å². The number of hydrazone groups is 1. The number of rotatable bonds is 6. The van der Waals surface area contributed by atoms with Crippen molar-refractivity contribution in [3.05, 3.63) is 106 Å². The van der Waals surface area contributed by atoms with E-state index in [1.165, 1.54) is 5.01 Å². The van der Waals surface area contributed by atoms with Crippen molar-refractivity contribution in [1.29, 1.82) is 0 Å². The number of para-hydroxylation sites is 1. The quantitative estimate of drug-likeness (QED) is 0.482. The minimum Gasteiger partial charge on any atom is -0.488 e. The minimum atomic E-state index is -0.148. The molecule has 0 saturated heterocycles. The number of carbonyl (C=O) groups excluding carboxylic acids is 1. The first-order valence-electron chi connectivity index (χ1n) is 9.70. The van der Waals surface area contributed by atoms with E-state index in [0.29, 0.717) is 29.5 Å². The summed E-state index contributed by atoms with van der Waals surface area (Å²) in [5, 5.41) is 6.51. The first-order valence-corrected chi connectivity index (χ1v) is 10.1. The van der Waals surface area contributed by atoms with Gasteiger partial charge in [0.05, 0.1) is 17.8 Å². The molecule has 0 bridgehead atoms. The average molecular weight is 417 g/mol. The predicted octanol–water partition coefficient (Wildman–Crippen LogP) is 5.72. The number of benzene rings is 3. The van der Waals surface area contributed by atoms with Gasteiger partial charge in [0.15, 0.2) is 0 Å². The molecule has 0 atom stereocenters. The van der Waals surface area contributed by atoms with E-state index in [9.17, 15) is 4.79 Å². The number of halogens is 1. The first-order chi connectivity index (χ1) is 14.6. The third-order valence-electron chi connectivity index (χ3n) is 4.86. The Morgan fingerprint density at radius 2 is 1.67 bits per heavy atom. The fourth-order valence-electron chi connectivity index (χ4n) is 3.26. The number of carbonyl (C=O) groups is 1. The standard InChI is InChI=1S/C25H21ClN2O2/c1-18-22(25(29)28(27-18)16-21-12-5-7-13-23(21)26)15-20-11-6-8-14-24(20)30-17-19-9-3-2-4-10-19/h2-15H,16-17H2,1H3/b22-15-. The summed E-state index contributed by atoms with van der Waals surface area (Å²) in [5.74, 6) is 0.573. The first kappa shape index (κ1) is 19.9. The number of hydrogen-bond acceptors (Lipinski definition) is 3. The highest BCUT2D eigenvalue weighted by atomic mass is 35.5. The Morgan fingerprint density at radius 1 is 0.967 bits per heavy atom. The summed E-state index contributed by atoms with van der Waals surface area (Å²) < 4.78 is 6.02. The van der Waals surface area contributed by atoms with E-state index in [1.54, 1.807) is 0 Å². The zero-order valence-corrected chi connectivity index (χ0v) is 17.3. The van der Waals surface area contributed by atoms with E-state index in [1.807, 2.05) is 91.9 Å². The van der Waals surface area contributed by atoms with Gasteiger partial charge in [-0.1, -0.05) is 78.3 Å². The Morgan fingerprint density at radius 3 is 2.47 bits per heavy atom. The SMILES string of the molecule is CC1=NN(Cc2ccccc2Cl)C(=O)/C1=C\c1ccccc1OCc1ccccc1. The average Bonchev–Trinajstić information content (AvgIpc) is 3.03. The second kappa shape index (κ2) is 8.97. The van der Waals surface area contributed by atoms with Gasteiger partial charge in [0.1, 0.15) is 12.4 Å². The lowest BCUT2D eigenvalue weighted by atomic mass is 10.1. The molecule has 3 aromatic rings. The summed E-state index contributed by atoms with van der Waals surface area (Å²) in [6.45, 7) is 2.63. The van der Waals surface area contributed by atoms with Crippen LogP contribution < -0.4 is 4.74 Å². The summed E-state index contributed by atoms with van der Waals surface area (Å²) in [5.41, 5.74) is 4.01. The molecular formula is C25H21ClN2O2. The number of hydrogen-bond donors (Lipinski definition) is 0. The molecule has 0 N–H and O–H groups in total. The van der Waals surface area contributed by atoms with Gasteiger partial charge in [-0.25, -0.2) is 5.01 Å². The molecule has 0 fully saturated rings. The maximum Gasteiger partial charge on any atom is 0.276 e. The molecule has 3 aromatic carbocycles. The highest BCUT2D eigenvalue weighted by Gasteiger charge is 2.28. The van der Waals surface area contributed by atoms with Crippen LogP contribution >= 0.6 is 11.6 Å². The molecule has 0 spiro atoms. The molecule has 4 rings (SSSR count). The zero-order valence-electron chi connectivity index (χ0n) is 16.6. The highest BCUT2D eigenvalue weighted by molar-refractivity contribution is 6.31. The normalized spacial score (nSPS) is 14.9. The molecule has 1 aliphatic heterocycles. The van der Waals surface area contributed by atoms with Crippen molar-refractivity contribution in [3.63, 3.8) is 0 Å². The van der Waals surface area contributed by atoms with Gasteiger partial charge in [-0.2, -0.15) is 5.10 Å². The Hall–Kier alpha value is -3.37. The summed E-state index contributed by atoms with van der Waals surface area (Å²) in [6, 6.07) is 25.1. The van der Waals surface area contributed by atoms with E-state index in [0.717, 1.165) is 22.4 Å². The van der Waals surface area contributed by atoms with E-state index < -0.39 is 0 Å². The minimum absolute atomic E-state index is 0.148. The number of amides is 1. The van der Waals surface area contributed by atoms with Crippen molar-refractivity contribution in [2.24, 2.45) is 5.10 Å². The maximum atomic E-state index is 13.0. The second-order valence-electron chi connectivity index (χ2n) is 7.01. The van der Waals surface area contributed by atoms with Crippen molar-refractivity contribution in [2.45, 2.75) is 20.1 Å². The molecule has 1 aliphatic rings. The van der Waals surface area contributed by atoms with Crippen LogP contribution in [0.5, 0.6) is 5.75 Å². The molecule has 0 radical (unpaired) electrons. The highest BCUT2D eigenvalue weighted by Crippen LogP contribution is 2.27. The summed E-state index contributed by atoms with van der Waals surface area (Å²) in [6.07, 6.45) is 1.84. The van der Waals surface area contributed by atoms with Crippen LogP contribution in [0.25, 0.3) is 6.08 Å². The van der Waals surface area contributed by atoms with Crippen LogP contribution in [0.15, 0.2) is 89.5 Å². The van der Waals surface area contributed by atoms with Crippen LogP contribution in [0.4, 0.5) is 0 Å². The molecule has 0 saturated carbocycles. The van der Waals surface area contributed by atoms with Crippen LogP contribution in [0.3, 0.4) is 0 Å². The molecule has 0 aromatic heterocycles. The Balaban J connectivity index is 1.54. The lowest BCUT2D eigenvalue weighted by Crippen LogP contribution is -2.21. The van der Waals surface area contributed by atoms with Crippen LogP contribution in [0, 0.1) is 0 Å². The summed E-state index contributed by atoms with van der Waals surface area (Å²) in [4.78, 5) is 13.0. The van der Waals surface area contributed by atoms with Gasteiger partial charge < -0.3 is 4.74 Å². The topological polar surface area (TPSA) is 41.9 Å². The van der Waals surface area contributed by atoms with Crippen LogP contribution in [0.1, 0.15) is 23.6 Å². The fraction of sp³-hybridized carbons (Fsp3) is 0.120. The number of nitrogens with zero attached hydrogens (tertiary/aromatic N) is 2. The predicted molar refractivity (Wildman–Crippen MR) is 120 cm³/mol. The smallest absolute Gasteiger partial charge is 0.276 e. The van der Waals surface area contributed by atoms with Crippen LogP contribution in [0.2, 0.25) is 5.02 Å². The largest absolute Gasteiger partial charge is 0.488 e. The van der Waals surface area contributed by atoms with Gasteiger partial charge in [-0.05, 0) is 36.3 Å². The van der Waals surface area contributed by atoms with Gasteiger partial charge >= 0.3 is 0 Å². The second-order valence-corrected chi connectivity index (χ2v) is 7.42. The summed E-state index contributed by atoms with van der Waals surface area (Å²) >= 11 is 6.24. The van der Waals surface area contributed by atoms with E-state index in [2.05, 4.69) is 5.10 Å². The van der Waals surface area contributed by atoms with Crippen molar-refractivity contribution in [2.75, 3.05) is 0 Å². The van der Waals surface area contributed by atoms with Crippen LogP contribution in [-0.2, 0) is 17.9 Å². The van der Waals surface area contributed by atoms with E-state index >= 15 is 0 Å². The molecular weight excluding hydrogens is 396 g/mol. The van der Waals surface area contributed by atoms with E-state index in [-0.39, 0.29) is 5.91 Å². The van der Waals surface area contributed by atoms with Gasteiger partial charge in [0.25, 0.3) is 5.91 Å². The lowest BCUT2D eigenvalue weighted by Gasteiger charge is -2.13. The summed E-state index contributed by atoms with van der Waals surface area (Å²) in [7, 11) is 0. The number of ether oxygens (including phenoxy) is 1. The Kier molecular flexibility index (Phi) is 5.96. The molecule has 30 heavy (non-hydrogen) atoms. The maximum absolute atomic E-state index is 13.0. The molecule has 4 nitrogen and oxygen atoms in total. The van der Waals surface area contributed by atoms with Gasteiger partial charge in [0.2, 0.25) is 0 Å². The van der Waals surface area contributed by atoms with Crippen molar-refractivity contribution < 1.29 is 9.53 Å². The van der Waals surface area contributed by atoms with E-state index in [4.69, 9.17) is 16.3 Å². The van der Waals surface area contributed by atoms with Gasteiger partial charge in [-0.3, -0.25) is 4.79 Å². The molecule has 0 aliphatic carbocycles. The van der Waals surface area contributed by atoms with Crippen LogP contribution in [-0.4, -0.2) is 16.6 Å². The Labute approximate surface area is 181 Å². The zero-order chi connectivity index (χ0) is 20.9.